The van der Waals surface area contributed by atoms with Crippen LogP contribution in [0.25, 0.3) is 0 Å². The largest absolute Gasteiger partial charge is 0.356 e. The van der Waals surface area contributed by atoms with Gasteiger partial charge in [-0.3, -0.25) is 4.99 Å². The lowest BCUT2D eigenvalue weighted by molar-refractivity contribution is 0.602. The highest BCUT2D eigenvalue weighted by molar-refractivity contribution is 7.90. The molecule has 0 spiro atoms. The number of aryl methyl sites for hydroxylation is 1. The molecule has 2 aromatic carbocycles. The smallest absolute Gasteiger partial charge is 0.191 e. The quantitative estimate of drug-likeness (QED) is 0.416. The van der Waals surface area contributed by atoms with Crippen LogP contribution in [-0.4, -0.2) is 43.8 Å². The second-order valence-electron chi connectivity index (χ2n) is 7.44. The number of guanidine groups is 1. The highest BCUT2D eigenvalue weighted by atomic mass is 32.2. The molecule has 1 heterocycles. The molecule has 3 aromatic rings. The lowest BCUT2D eigenvalue weighted by Gasteiger charge is -2.13. The third-order valence-electron chi connectivity index (χ3n) is 5.01. The van der Waals surface area contributed by atoms with Crippen molar-refractivity contribution < 1.29 is 8.42 Å². The molecule has 3 rings (SSSR count). The number of rotatable bonds is 8. The van der Waals surface area contributed by atoms with Crippen molar-refractivity contribution in [1.82, 2.24) is 20.2 Å². The topological polar surface area (TPSA) is 88.4 Å². The molecule has 0 amide bonds. The van der Waals surface area contributed by atoms with Crippen molar-refractivity contribution in [3.63, 3.8) is 0 Å². The minimum atomic E-state index is -3.16. The summed E-state index contributed by atoms with van der Waals surface area (Å²) in [6.07, 6.45) is 5.79. The van der Waals surface area contributed by atoms with Crippen molar-refractivity contribution in [2.24, 2.45) is 4.99 Å². The molecule has 0 fully saturated rings. The number of benzene rings is 2. The van der Waals surface area contributed by atoms with Crippen molar-refractivity contribution >= 4 is 15.8 Å². The summed E-state index contributed by atoms with van der Waals surface area (Å²) in [7, 11) is -1.42. The summed E-state index contributed by atoms with van der Waals surface area (Å²) >= 11 is 0. The van der Waals surface area contributed by atoms with Gasteiger partial charge in [0.15, 0.2) is 15.8 Å². The number of nitrogens with zero attached hydrogens (tertiary/aromatic N) is 3. The van der Waals surface area contributed by atoms with Crippen LogP contribution in [0.5, 0.6) is 0 Å². The average molecular weight is 440 g/mol. The van der Waals surface area contributed by atoms with Crippen LogP contribution in [0, 0.1) is 6.92 Å². The number of nitrogens with one attached hydrogen (secondary N) is 2. The van der Waals surface area contributed by atoms with Crippen molar-refractivity contribution in [2.75, 3.05) is 19.8 Å². The Kier molecular flexibility index (Phi) is 7.46. The Morgan fingerprint density at radius 1 is 1.06 bits per heavy atom. The summed E-state index contributed by atoms with van der Waals surface area (Å²) in [4.78, 5) is 8.89. The molecule has 2 N–H and O–H groups in total. The van der Waals surface area contributed by atoms with Gasteiger partial charge in [-0.1, -0.05) is 36.4 Å². The van der Waals surface area contributed by atoms with E-state index in [0.29, 0.717) is 18.0 Å². The lowest BCUT2D eigenvalue weighted by Crippen LogP contribution is -2.37. The van der Waals surface area contributed by atoms with E-state index in [1.54, 1.807) is 19.2 Å². The number of aromatic nitrogens is 2. The highest BCUT2D eigenvalue weighted by Crippen LogP contribution is 2.11. The molecule has 0 aliphatic heterocycles. The molecule has 0 saturated heterocycles. The highest BCUT2D eigenvalue weighted by Gasteiger charge is 2.06. The van der Waals surface area contributed by atoms with Gasteiger partial charge in [-0.25, -0.2) is 13.4 Å². The minimum Gasteiger partial charge on any atom is -0.356 e. The summed E-state index contributed by atoms with van der Waals surface area (Å²) in [5.74, 6) is 1.72. The molecule has 0 unspecified atom stereocenters. The lowest BCUT2D eigenvalue weighted by atomic mass is 10.1. The Morgan fingerprint density at radius 2 is 1.81 bits per heavy atom. The Bertz CT molecular complexity index is 1130. The molecular weight excluding hydrogens is 410 g/mol. The molecule has 0 atom stereocenters. The van der Waals surface area contributed by atoms with E-state index in [9.17, 15) is 8.42 Å². The van der Waals surface area contributed by atoms with Crippen LogP contribution in [0.15, 0.2) is 70.8 Å². The zero-order valence-electron chi connectivity index (χ0n) is 18.2. The van der Waals surface area contributed by atoms with Gasteiger partial charge < -0.3 is 15.2 Å². The summed E-state index contributed by atoms with van der Waals surface area (Å²) in [6, 6.07) is 15.5. The molecule has 31 heavy (non-hydrogen) atoms. The molecule has 7 nitrogen and oxygen atoms in total. The first-order valence-electron chi connectivity index (χ1n) is 10.1. The van der Waals surface area contributed by atoms with Crippen molar-refractivity contribution in [2.45, 2.75) is 31.3 Å². The molecule has 1 aromatic heterocycles. The van der Waals surface area contributed by atoms with Crippen molar-refractivity contribution in [3.05, 3.63) is 83.4 Å². The molecule has 0 bridgehead atoms. The standard InChI is InChI=1S/C23H29N5O2S/c1-18-25-13-14-28(18)17-21-6-4-5-20(15-21)16-27-23(24-2)26-12-11-19-7-9-22(10-8-19)31(3,29)30/h4-10,13-15H,11-12,16-17H2,1-3H3,(H2,24,26,27). The zero-order chi connectivity index (χ0) is 22.3. The van der Waals surface area contributed by atoms with Crippen LogP contribution >= 0.6 is 0 Å². The third kappa shape index (κ3) is 6.68. The van der Waals surface area contributed by atoms with E-state index < -0.39 is 9.84 Å². The number of aliphatic imine (C=N–C) groups is 1. The Morgan fingerprint density at radius 3 is 2.45 bits per heavy atom. The predicted octanol–water partition coefficient (Wildman–Crippen LogP) is 2.55. The second kappa shape index (κ2) is 10.3. The van der Waals surface area contributed by atoms with Crippen LogP contribution in [0.4, 0.5) is 0 Å². The average Bonchev–Trinajstić information content (AvgIpc) is 3.15. The molecule has 0 aliphatic rings. The summed E-state index contributed by atoms with van der Waals surface area (Å²) in [5, 5.41) is 6.64. The normalized spacial score (nSPS) is 12.0. The van der Waals surface area contributed by atoms with E-state index in [-0.39, 0.29) is 0 Å². The summed E-state index contributed by atoms with van der Waals surface area (Å²) in [6.45, 7) is 4.16. The first-order valence-corrected chi connectivity index (χ1v) is 12.0. The van der Waals surface area contributed by atoms with Gasteiger partial charge in [0.1, 0.15) is 5.82 Å². The summed E-state index contributed by atoms with van der Waals surface area (Å²) < 4.78 is 25.2. The van der Waals surface area contributed by atoms with Gasteiger partial charge in [0, 0.05) is 45.3 Å². The van der Waals surface area contributed by atoms with Gasteiger partial charge in [-0.2, -0.15) is 0 Å². The van der Waals surface area contributed by atoms with E-state index in [0.717, 1.165) is 30.3 Å². The van der Waals surface area contributed by atoms with E-state index in [1.807, 2.05) is 31.5 Å². The number of hydrogen-bond acceptors (Lipinski definition) is 4. The van der Waals surface area contributed by atoms with Crippen LogP contribution in [0.1, 0.15) is 22.5 Å². The fourth-order valence-corrected chi connectivity index (χ4v) is 3.87. The first-order chi connectivity index (χ1) is 14.8. The fourth-order valence-electron chi connectivity index (χ4n) is 3.24. The first kappa shape index (κ1) is 22.6. The maximum atomic E-state index is 11.5. The SMILES string of the molecule is CN=C(NCCc1ccc(S(C)(=O)=O)cc1)NCc1cccc(Cn2ccnc2C)c1. The summed E-state index contributed by atoms with van der Waals surface area (Å²) in [5.41, 5.74) is 3.47. The molecular formula is C23H29N5O2S. The van der Waals surface area contributed by atoms with Crippen LogP contribution < -0.4 is 10.6 Å². The third-order valence-corrected chi connectivity index (χ3v) is 6.14. The Balaban J connectivity index is 1.48. The van der Waals surface area contributed by atoms with Gasteiger partial charge in [0.05, 0.1) is 4.90 Å². The van der Waals surface area contributed by atoms with Gasteiger partial charge in [0.25, 0.3) is 0 Å². The van der Waals surface area contributed by atoms with Crippen LogP contribution in [0.2, 0.25) is 0 Å². The zero-order valence-corrected chi connectivity index (χ0v) is 19.0. The number of imidazole rings is 1. The Labute approximate surface area is 184 Å². The number of sulfone groups is 1. The second-order valence-corrected chi connectivity index (χ2v) is 9.46. The van der Waals surface area contributed by atoms with E-state index >= 15 is 0 Å². The van der Waals surface area contributed by atoms with E-state index in [1.165, 1.54) is 17.4 Å². The molecule has 0 radical (unpaired) electrons. The Hall–Kier alpha value is -3.13. The fraction of sp³-hybridized carbons (Fsp3) is 0.304. The molecule has 0 aliphatic carbocycles. The van der Waals surface area contributed by atoms with Gasteiger partial charge >= 0.3 is 0 Å². The maximum Gasteiger partial charge on any atom is 0.191 e. The van der Waals surface area contributed by atoms with Crippen molar-refractivity contribution in [1.29, 1.82) is 0 Å². The van der Waals surface area contributed by atoms with E-state index in [2.05, 4.69) is 49.4 Å². The van der Waals surface area contributed by atoms with Gasteiger partial charge in [-0.05, 0) is 42.2 Å². The van der Waals surface area contributed by atoms with Crippen LogP contribution in [-0.2, 0) is 29.3 Å². The molecule has 8 heteroatoms. The molecule has 164 valence electrons. The van der Waals surface area contributed by atoms with Gasteiger partial charge in [0.2, 0.25) is 0 Å². The monoisotopic (exact) mass is 439 g/mol. The van der Waals surface area contributed by atoms with E-state index in [4.69, 9.17) is 0 Å². The maximum absolute atomic E-state index is 11.5. The van der Waals surface area contributed by atoms with Gasteiger partial charge in [-0.15, -0.1) is 0 Å². The molecule has 0 saturated carbocycles. The number of hydrogen-bond donors (Lipinski definition) is 2. The van der Waals surface area contributed by atoms with Crippen molar-refractivity contribution in [3.8, 4) is 0 Å². The van der Waals surface area contributed by atoms with Crippen LogP contribution in [0.3, 0.4) is 0 Å². The predicted molar refractivity (Wildman–Crippen MR) is 124 cm³/mol. The minimum absolute atomic E-state index is 0.340.